The molecule has 15 heavy (non-hydrogen) atoms. The Morgan fingerprint density at radius 1 is 1.40 bits per heavy atom. The minimum Gasteiger partial charge on any atom is -0.433 e. The van der Waals surface area contributed by atoms with Crippen LogP contribution in [0.2, 0.25) is 5.02 Å². The van der Waals surface area contributed by atoms with Crippen molar-refractivity contribution < 1.29 is 26.5 Å². The molecular weight excluding hydrogens is 254 g/mol. The third-order valence-electron chi connectivity index (χ3n) is 1.42. The largest absolute Gasteiger partial charge is 0.433 e. The summed E-state index contributed by atoms with van der Waals surface area (Å²) in [7, 11) is -4.40. The van der Waals surface area contributed by atoms with Crippen LogP contribution in [0.1, 0.15) is 0 Å². The van der Waals surface area contributed by atoms with Crippen molar-refractivity contribution in [3.63, 3.8) is 0 Å². The standard InChI is InChI=1S/C7H5ClF2O4S/c8-5-3-4(15(11,12)13)1-2-6(5)14-7(9)10/h1-3,7H,(H,11,12,13). The first-order valence-electron chi connectivity index (χ1n) is 3.52. The van der Waals surface area contributed by atoms with E-state index in [-0.39, 0.29) is 10.8 Å². The van der Waals surface area contributed by atoms with Crippen molar-refractivity contribution in [3.05, 3.63) is 23.2 Å². The molecule has 1 aromatic rings. The Morgan fingerprint density at radius 2 is 2.00 bits per heavy atom. The Balaban J connectivity index is 3.09. The van der Waals surface area contributed by atoms with Gasteiger partial charge in [-0.25, -0.2) is 0 Å². The van der Waals surface area contributed by atoms with Gasteiger partial charge in [-0.05, 0) is 18.2 Å². The van der Waals surface area contributed by atoms with Crippen LogP contribution in [0, 0.1) is 0 Å². The van der Waals surface area contributed by atoms with Gasteiger partial charge in [0, 0.05) is 0 Å². The van der Waals surface area contributed by atoms with Crippen LogP contribution in [-0.4, -0.2) is 19.6 Å². The van der Waals surface area contributed by atoms with E-state index in [2.05, 4.69) is 4.74 Å². The molecule has 8 heteroatoms. The molecule has 0 saturated carbocycles. The summed E-state index contributed by atoms with van der Waals surface area (Å²) in [4.78, 5) is -0.492. The lowest BCUT2D eigenvalue weighted by molar-refractivity contribution is -0.0498. The summed E-state index contributed by atoms with van der Waals surface area (Å²) in [6.45, 7) is -3.06. The van der Waals surface area contributed by atoms with E-state index >= 15 is 0 Å². The maximum absolute atomic E-state index is 11.8. The topological polar surface area (TPSA) is 63.6 Å². The number of hydrogen-bond donors (Lipinski definition) is 1. The molecule has 0 unspecified atom stereocenters. The van der Waals surface area contributed by atoms with Crippen LogP contribution in [0.4, 0.5) is 8.78 Å². The molecule has 84 valence electrons. The van der Waals surface area contributed by atoms with Crippen molar-refractivity contribution >= 4 is 21.7 Å². The molecule has 0 amide bonds. The van der Waals surface area contributed by atoms with Crippen LogP contribution in [0.15, 0.2) is 23.1 Å². The Labute approximate surface area is 89.2 Å². The number of alkyl halides is 2. The zero-order chi connectivity index (χ0) is 11.6. The molecule has 0 radical (unpaired) electrons. The highest BCUT2D eigenvalue weighted by atomic mass is 35.5. The molecular formula is C7H5ClF2O4S. The fraction of sp³-hybridized carbons (Fsp3) is 0.143. The van der Waals surface area contributed by atoms with Crippen LogP contribution < -0.4 is 4.74 Å². The Kier molecular flexibility index (Phi) is 3.48. The van der Waals surface area contributed by atoms with E-state index in [9.17, 15) is 17.2 Å². The highest BCUT2D eigenvalue weighted by Gasteiger charge is 2.14. The van der Waals surface area contributed by atoms with E-state index in [1.807, 2.05) is 0 Å². The third-order valence-corrected chi connectivity index (χ3v) is 2.56. The zero-order valence-electron chi connectivity index (χ0n) is 7.02. The molecule has 0 fully saturated rings. The number of hydrogen-bond acceptors (Lipinski definition) is 3. The van der Waals surface area contributed by atoms with E-state index in [4.69, 9.17) is 16.2 Å². The predicted molar refractivity (Wildman–Crippen MR) is 47.9 cm³/mol. The summed E-state index contributed by atoms with van der Waals surface area (Å²) >= 11 is 5.45. The van der Waals surface area contributed by atoms with Crippen molar-refractivity contribution in [1.29, 1.82) is 0 Å². The normalized spacial score (nSPS) is 11.8. The lowest BCUT2D eigenvalue weighted by atomic mass is 10.3. The van der Waals surface area contributed by atoms with E-state index in [1.165, 1.54) is 0 Å². The van der Waals surface area contributed by atoms with Gasteiger partial charge in [0.15, 0.2) is 0 Å². The maximum atomic E-state index is 11.8. The van der Waals surface area contributed by atoms with Crippen molar-refractivity contribution in [2.75, 3.05) is 0 Å². The number of benzene rings is 1. The van der Waals surface area contributed by atoms with Gasteiger partial charge in [-0.3, -0.25) is 4.55 Å². The van der Waals surface area contributed by atoms with Crippen LogP contribution in [0.25, 0.3) is 0 Å². The van der Waals surface area contributed by atoms with Gasteiger partial charge < -0.3 is 4.74 Å². The lowest BCUT2D eigenvalue weighted by Gasteiger charge is -2.06. The molecule has 0 bridgehead atoms. The van der Waals surface area contributed by atoms with E-state index in [0.29, 0.717) is 0 Å². The molecule has 0 atom stereocenters. The van der Waals surface area contributed by atoms with Crippen molar-refractivity contribution in [1.82, 2.24) is 0 Å². The molecule has 4 nitrogen and oxygen atoms in total. The summed E-state index contributed by atoms with van der Waals surface area (Å²) in [5.74, 6) is -0.362. The Hall–Kier alpha value is -0.920. The van der Waals surface area contributed by atoms with Gasteiger partial charge in [-0.15, -0.1) is 0 Å². The fourth-order valence-electron chi connectivity index (χ4n) is 0.834. The first-order chi connectivity index (χ1) is 6.80. The van der Waals surface area contributed by atoms with Gasteiger partial charge in [-0.1, -0.05) is 11.6 Å². The van der Waals surface area contributed by atoms with Gasteiger partial charge in [0.1, 0.15) is 5.75 Å². The second kappa shape index (κ2) is 4.30. The summed E-state index contributed by atoms with van der Waals surface area (Å²) in [6.07, 6.45) is 0. The average molecular weight is 259 g/mol. The summed E-state index contributed by atoms with van der Waals surface area (Å²) < 4.78 is 57.4. The molecule has 1 N–H and O–H groups in total. The Morgan fingerprint density at radius 3 is 2.40 bits per heavy atom. The molecule has 0 spiro atoms. The van der Waals surface area contributed by atoms with Crippen molar-refractivity contribution in [2.45, 2.75) is 11.5 Å². The molecule has 0 aliphatic carbocycles. The van der Waals surface area contributed by atoms with Gasteiger partial charge in [0.05, 0.1) is 9.92 Å². The molecule has 1 aromatic carbocycles. The molecule has 0 heterocycles. The minimum absolute atomic E-state index is 0.328. The quantitative estimate of drug-likeness (QED) is 0.844. The first-order valence-corrected chi connectivity index (χ1v) is 5.34. The highest BCUT2D eigenvalue weighted by molar-refractivity contribution is 7.85. The Bertz CT molecular complexity index is 460. The van der Waals surface area contributed by atoms with Gasteiger partial charge in [0.2, 0.25) is 0 Å². The summed E-state index contributed by atoms with van der Waals surface area (Å²) in [5, 5.41) is -0.328. The SMILES string of the molecule is O=S(=O)(O)c1ccc(OC(F)F)c(Cl)c1. The number of halogens is 3. The van der Waals surface area contributed by atoms with E-state index in [1.54, 1.807) is 0 Å². The van der Waals surface area contributed by atoms with E-state index in [0.717, 1.165) is 18.2 Å². The molecule has 0 aromatic heterocycles. The summed E-state index contributed by atoms with van der Waals surface area (Å²) in [5.41, 5.74) is 0. The number of ether oxygens (including phenoxy) is 1. The van der Waals surface area contributed by atoms with Crippen LogP contribution in [0.5, 0.6) is 5.75 Å². The zero-order valence-corrected chi connectivity index (χ0v) is 8.60. The van der Waals surface area contributed by atoms with Crippen molar-refractivity contribution in [2.24, 2.45) is 0 Å². The average Bonchev–Trinajstić information content (AvgIpc) is 2.05. The lowest BCUT2D eigenvalue weighted by Crippen LogP contribution is -2.03. The second-order valence-electron chi connectivity index (χ2n) is 2.45. The van der Waals surface area contributed by atoms with Crippen LogP contribution in [0.3, 0.4) is 0 Å². The van der Waals surface area contributed by atoms with Gasteiger partial charge in [0.25, 0.3) is 10.1 Å². The van der Waals surface area contributed by atoms with Gasteiger partial charge in [-0.2, -0.15) is 17.2 Å². The second-order valence-corrected chi connectivity index (χ2v) is 4.27. The number of rotatable bonds is 3. The molecule has 0 aliphatic rings. The summed E-state index contributed by atoms with van der Waals surface area (Å²) in [6, 6.07) is 2.64. The molecule has 1 rings (SSSR count). The van der Waals surface area contributed by atoms with Crippen molar-refractivity contribution in [3.8, 4) is 5.75 Å². The minimum atomic E-state index is -4.40. The monoisotopic (exact) mass is 258 g/mol. The predicted octanol–water partition coefficient (Wildman–Crippen LogP) is 2.19. The first kappa shape index (κ1) is 12.2. The highest BCUT2D eigenvalue weighted by Crippen LogP contribution is 2.28. The van der Waals surface area contributed by atoms with Crippen LogP contribution in [-0.2, 0) is 10.1 Å². The van der Waals surface area contributed by atoms with Gasteiger partial charge >= 0.3 is 6.61 Å². The smallest absolute Gasteiger partial charge is 0.387 e. The third kappa shape index (κ3) is 3.29. The fourth-order valence-corrected chi connectivity index (χ4v) is 1.63. The maximum Gasteiger partial charge on any atom is 0.387 e. The molecule has 0 aliphatic heterocycles. The van der Waals surface area contributed by atoms with Crippen LogP contribution >= 0.6 is 11.6 Å². The van der Waals surface area contributed by atoms with E-state index < -0.39 is 21.6 Å². The molecule has 0 saturated heterocycles.